The predicted octanol–water partition coefficient (Wildman–Crippen LogP) is 1.60. The van der Waals surface area contributed by atoms with Gasteiger partial charge < -0.3 is 14.3 Å². The van der Waals surface area contributed by atoms with E-state index in [4.69, 9.17) is 9.16 Å². The van der Waals surface area contributed by atoms with E-state index in [-0.39, 0.29) is 11.1 Å². The van der Waals surface area contributed by atoms with Crippen molar-refractivity contribution in [3.05, 3.63) is 33.1 Å². The smallest absolute Gasteiger partial charge is 0.330 e. The number of nitrogens with one attached hydrogen (secondary N) is 1. The molecule has 1 aliphatic heterocycles. The lowest BCUT2D eigenvalue weighted by atomic mass is 10.1. The maximum atomic E-state index is 12.0. The van der Waals surface area contributed by atoms with Crippen LogP contribution in [-0.4, -0.2) is 41.3 Å². The lowest BCUT2D eigenvalue weighted by Gasteiger charge is -2.40. The Kier molecular flexibility index (Phi) is 5.24. The highest BCUT2D eigenvalue weighted by molar-refractivity contribution is 6.74. The standard InChI is InChI=1S/C16H28N2O5Si/c1-7-10-13(23-24(5,6)16(2,3)4)12(20)14(22-10)18-9-8-11(19)17-15(18)21/h8-10,12-14,20H,7H2,1-6H3,(H,17,19,21)/t10-,12?,13+,14-/m1/s1. The minimum absolute atomic E-state index is 0.00206. The zero-order chi connectivity index (χ0) is 18.3. The maximum Gasteiger partial charge on any atom is 0.330 e. The van der Waals surface area contributed by atoms with Gasteiger partial charge in [-0.2, -0.15) is 0 Å². The Labute approximate surface area is 142 Å². The highest BCUT2D eigenvalue weighted by Gasteiger charge is 2.49. The zero-order valence-corrected chi connectivity index (χ0v) is 16.2. The first-order chi connectivity index (χ1) is 11.0. The first-order valence-corrected chi connectivity index (χ1v) is 11.2. The van der Waals surface area contributed by atoms with Gasteiger partial charge in [0.25, 0.3) is 5.56 Å². The molecule has 0 saturated carbocycles. The van der Waals surface area contributed by atoms with Gasteiger partial charge >= 0.3 is 5.69 Å². The Bertz CT molecular complexity index is 691. The van der Waals surface area contributed by atoms with Crippen molar-refractivity contribution >= 4 is 8.32 Å². The molecule has 7 nitrogen and oxygen atoms in total. The summed E-state index contributed by atoms with van der Waals surface area (Å²) in [6, 6.07) is 1.24. The Morgan fingerprint density at radius 2 is 2.00 bits per heavy atom. The minimum Gasteiger partial charge on any atom is -0.408 e. The third-order valence-electron chi connectivity index (χ3n) is 5.07. The van der Waals surface area contributed by atoms with Crippen molar-refractivity contribution in [1.82, 2.24) is 9.55 Å². The van der Waals surface area contributed by atoms with Crippen molar-refractivity contribution in [3.63, 3.8) is 0 Å². The number of ether oxygens (including phenoxy) is 1. The van der Waals surface area contributed by atoms with Crippen molar-refractivity contribution in [2.45, 2.75) is 76.8 Å². The molecule has 1 aliphatic rings. The Balaban J connectivity index is 2.31. The topological polar surface area (TPSA) is 93.6 Å². The summed E-state index contributed by atoms with van der Waals surface area (Å²) in [7, 11) is -2.11. The molecule has 2 heterocycles. The van der Waals surface area contributed by atoms with Gasteiger partial charge in [-0.05, 0) is 24.6 Å². The molecule has 1 fully saturated rings. The number of hydrogen-bond donors (Lipinski definition) is 2. The summed E-state index contributed by atoms with van der Waals surface area (Å²) in [4.78, 5) is 25.4. The molecule has 1 unspecified atom stereocenters. The monoisotopic (exact) mass is 356 g/mol. The fourth-order valence-corrected chi connectivity index (χ4v) is 3.89. The number of aliphatic hydroxyl groups is 1. The van der Waals surface area contributed by atoms with Crippen LogP contribution in [0.2, 0.25) is 18.1 Å². The van der Waals surface area contributed by atoms with Crippen LogP contribution in [0.4, 0.5) is 0 Å². The molecular formula is C16H28N2O5Si. The van der Waals surface area contributed by atoms with E-state index < -0.39 is 38.0 Å². The zero-order valence-electron chi connectivity index (χ0n) is 15.2. The quantitative estimate of drug-likeness (QED) is 0.799. The molecule has 2 rings (SSSR count). The normalized spacial score (nSPS) is 28.3. The van der Waals surface area contributed by atoms with E-state index in [1.165, 1.54) is 16.8 Å². The Morgan fingerprint density at radius 3 is 2.50 bits per heavy atom. The minimum atomic E-state index is -2.11. The molecule has 4 atom stereocenters. The van der Waals surface area contributed by atoms with Crippen molar-refractivity contribution in [2.24, 2.45) is 0 Å². The van der Waals surface area contributed by atoms with Crippen LogP contribution in [0.1, 0.15) is 40.3 Å². The Morgan fingerprint density at radius 1 is 1.38 bits per heavy atom. The summed E-state index contributed by atoms with van der Waals surface area (Å²) in [6.07, 6.45) is -0.652. The summed E-state index contributed by atoms with van der Waals surface area (Å²) < 4.78 is 13.5. The Hall–Kier alpha value is -1.22. The highest BCUT2D eigenvalue weighted by atomic mass is 28.4. The van der Waals surface area contributed by atoms with Gasteiger partial charge in [0.15, 0.2) is 14.5 Å². The van der Waals surface area contributed by atoms with Crippen LogP contribution in [0.15, 0.2) is 21.9 Å². The van der Waals surface area contributed by atoms with E-state index in [9.17, 15) is 14.7 Å². The van der Waals surface area contributed by atoms with Crippen LogP contribution in [0.5, 0.6) is 0 Å². The van der Waals surface area contributed by atoms with Crippen molar-refractivity contribution in [1.29, 1.82) is 0 Å². The molecule has 0 aliphatic carbocycles. The van der Waals surface area contributed by atoms with Gasteiger partial charge in [0.2, 0.25) is 0 Å². The second-order valence-corrected chi connectivity index (χ2v) is 12.6. The molecule has 2 N–H and O–H groups in total. The third kappa shape index (κ3) is 3.56. The van der Waals surface area contributed by atoms with Gasteiger partial charge in [-0.25, -0.2) is 4.79 Å². The second-order valence-electron chi connectivity index (χ2n) is 7.82. The molecule has 0 bridgehead atoms. The summed E-state index contributed by atoms with van der Waals surface area (Å²) in [5.74, 6) is 0. The number of nitrogens with zero attached hydrogens (tertiary/aromatic N) is 1. The highest BCUT2D eigenvalue weighted by Crippen LogP contribution is 2.41. The fraction of sp³-hybridized carbons (Fsp3) is 0.750. The van der Waals surface area contributed by atoms with E-state index >= 15 is 0 Å². The van der Waals surface area contributed by atoms with Crippen LogP contribution in [0.25, 0.3) is 0 Å². The average Bonchev–Trinajstić information content (AvgIpc) is 2.74. The van der Waals surface area contributed by atoms with Gasteiger partial charge in [-0.15, -0.1) is 0 Å². The molecule has 1 saturated heterocycles. The predicted molar refractivity (Wildman–Crippen MR) is 93.6 cm³/mol. The average molecular weight is 356 g/mol. The van der Waals surface area contributed by atoms with Crippen molar-refractivity contribution < 1.29 is 14.3 Å². The van der Waals surface area contributed by atoms with Gasteiger partial charge in [0, 0.05) is 12.3 Å². The van der Waals surface area contributed by atoms with Crippen molar-refractivity contribution in [3.8, 4) is 0 Å². The van der Waals surface area contributed by atoms with Gasteiger partial charge in [-0.1, -0.05) is 27.7 Å². The number of aromatic amines is 1. The van der Waals surface area contributed by atoms with E-state index in [0.717, 1.165) is 0 Å². The van der Waals surface area contributed by atoms with Gasteiger partial charge in [0.05, 0.1) is 6.10 Å². The number of H-pyrrole nitrogens is 1. The summed E-state index contributed by atoms with van der Waals surface area (Å²) in [5, 5.41) is 10.7. The van der Waals surface area contributed by atoms with E-state index in [0.29, 0.717) is 6.42 Å². The van der Waals surface area contributed by atoms with Crippen LogP contribution in [-0.2, 0) is 9.16 Å². The molecule has 1 aromatic rings. The molecule has 24 heavy (non-hydrogen) atoms. The molecule has 136 valence electrons. The number of aliphatic hydroxyl groups excluding tert-OH is 1. The van der Waals surface area contributed by atoms with Crippen LogP contribution in [0.3, 0.4) is 0 Å². The molecule has 8 heteroatoms. The van der Waals surface area contributed by atoms with E-state index in [2.05, 4.69) is 38.8 Å². The molecule has 0 aromatic carbocycles. The largest absolute Gasteiger partial charge is 0.408 e. The number of aromatic nitrogens is 2. The SMILES string of the molecule is CC[C@H]1O[C@@H](n2ccc(=O)[nH]c2=O)C(O)[C@H]1O[Si](C)(C)C(C)(C)C. The fourth-order valence-electron chi connectivity index (χ4n) is 2.57. The first-order valence-electron chi connectivity index (χ1n) is 8.31. The summed E-state index contributed by atoms with van der Waals surface area (Å²) in [5.41, 5.74) is -1.08. The number of hydrogen-bond acceptors (Lipinski definition) is 5. The first kappa shape index (κ1) is 19.1. The lowest BCUT2D eigenvalue weighted by Crippen LogP contribution is -2.49. The molecule has 0 radical (unpaired) electrons. The van der Waals surface area contributed by atoms with Gasteiger partial charge in [0.1, 0.15) is 12.2 Å². The van der Waals surface area contributed by atoms with Crippen LogP contribution in [0, 0.1) is 0 Å². The van der Waals surface area contributed by atoms with E-state index in [1.807, 2.05) is 6.92 Å². The second kappa shape index (κ2) is 6.59. The summed E-state index contributed by atoms with van der Waals surface area (Å²) in [6.45, 7) is 12.6. The molecular weight excluding hydrogens is 328 g/mol. The van der Waals surface area contributed by atoms with Crippen LogP contribution < -0.4 is 11.2 Å². The molecule has 0 amide bonds. The lowest BCUT2D eigenvalue weighted by molar-refractivity contribution is -0.0404. The number of rotatable bonds is 4. The third-order valence-corrected chi connectivity index (χ3v) is 9.55. The van der Waals surface area contributed by atoms with Crippen LogP contribution >= 0.6 is 0 Å². The molecule has 0 spiro atoms. The maximum absolute atomic E-state index is 12.0. The molecule has 1 aromatic heterocycles. The van der Waals surface area contributed by atoms with Gasteiger partial charge in [-0.3, -0.25) is 14.3 Å². The summed E-state index contributed by atoms with van der Waals surface area (Å²) >= 11 is 0. The van der Waals surface area contributed by atoms with E-state index in [1.54, 1.807) is 0 Å². The van der Waals surface area contributed by atoms with Crippen molar-refractivity contribution in [2.75, 3.05) is 0 Å².